The lowest BCUT2D eigenvalue weighted by atomic mass is 9.91. The molecule has 1 aromatic carbocycles. The van der Waals surface area contributed by atoms with Gasteiger partial charge in [-0.05, 0) is 31.0 Å². The summed E-state index contributed by atoms with van der Waals surface area (Å²) in [6, 6.07) is 2.32. The van der Waals surface area contributed by atoms with E-state index in [2.05, 4.69) is 0 Å². The number of halogens is 3. The molecule has 110 valence electrons. The predicted molar refractivity (Wildman–Crippen MR) is 65.6 cm³/mol. The number of nitrogens with zero attached hydrogens (tertiary/aromatic N) is 1. The predicted octanol–water partition coefficient (Wildman–Crippen LogP) is 3.41. The van der Waals surface area contributed by atoms with Crippen molar-refractivity contribution in [1.29, 1.82) is 0 Å². The maximum absolute atomic E-state index is 12.7. The van der Waals surface area contributed by atoms with E-state index in [9.17, 15) is 28.2 Å². The number of fused-ring (bicyclic) bond motifs is 1. The van der Waals surface area contributed by atoms with Gasteiger partial charge in [-0.1, -0.05) is 6.92 Å². The molecule has 1 aromatic rings. The molecule has 0 fully saturated rings. The summed E-state index contributed by atoms with van der Waals surface area (Å²) in [6.45, 7) is 1.77. The Morgan fingerprint density at radius 2 is 2.10 bits per heavy atom. The van der Waals surface area contributed by atoms with Crippen molar-refractivity contribution in [2.75, 3.05) is 4.90 Å². The number of hydrogen-bond acceptors (Lipinski definition) is 2. The largest absolute Gasteiger partial charge is 0.465 e. The molecule has 0 aliphatic carbocycles. The van der Waals surface area contributed by atoms with Gasteiger partial charge in [-0.15, -0.1) is 0 Å². The minimum Gasteiger partial charge on any atom is -0.465 e. The molecule has 1 aliphatic rings. The van der Waals surface area contributed by atoms with Crippen LogP contribution in [0.5, 0.6) is 0 Å². The molecule has 0 saturated carbocycles. The highest BCUT2D eigenvalue weighted by molar-refractivity contribution is 5.88. The van der Waals surface area contributed by atoms with Crippen molar-refractivity contribution in [3.63, 3.8) is 0 Å². The highest BCUT2D eigenvalue weighted by Crippen LogP contribution is 2.41. The molecule has 1 amide bonds. The second-order valence-electron chi connectivity index (χ2n) is 4.74. The summed E-state index contributed by atoms with van der Waals surface area (Å²) in [6.07, 6.45) is -6.27. The zero-order chi connectivity index (χ0) is 15.1. The fourth-order valence-corrected chi connectivity index (χ4v) is 2.51. The Balaban J connectivity index is 2.54. The first-order valence-electron chi connectivity index (χ1n) is 6.17. The minimum absolute atomic E-state index is 0.00641. The fraction of sp³-hybridized carbons (Fsp3) is 0.462. The molecule has 0 bridgehead atoms. The zero-order valence-electron chi connectivity index (χ0n) is 10.7. The van der Waals surface area contributed by atoms with Gasteiger partial charge in [-0.25, -0.2) is 4.79 Å². The number of anilines is 1. The summed E-state index contributed by atoms with van der Waals surface area (Å²) in [5.74, 6) is 0. The molecule has 1 aliphatic heterocycles. The van der Waals surface area contributed by atoms with E-state index in [0.717, 1.165) is 23.1 Å². The van der Waals surface area contributed by atoms with Crippen LogP contribution in [0, 0.1) is 0 Å². The van der Waals surface area contributed by atoms with Crippen molar-refractivity contribution < 1.29 is 28.2 Å². The minimum atomic E-state index is -4.52. The van der Waals surface area contributed by atoms with Gasteiger partial charge < -0.3 is 10.2 Å². The molecule has 4 nitrogen and oxygen atoms in total. The van der Waals surface area contributed by atoms with Crippen LogP contribution in [0.2, 0.25) is 0 Å². The van der Waals surface area contributed by atoms with E-state index in [1.165, 1.54) is 0 Å². The SMILES string of the molecule is CC[C@@H]1C[C@@H](O)c2cc(C(F)(F)F)ccc2N1C(=O)O. The number of aliphatic hydroxyl groups is 1. The Hall–Kier alpha value is -1.76. The Labute approximate surface area is 113 Å². The van der Waals surface area contributed by atoms with Crippen molar-refractivity contribution in [3.8, 4) is 0 Å². The first kappa shape index (κ1) is 14.6. The van der Waals surface area contributed by atoms with Gasteiger partial charge in [0, 0.05) is 11.6 Å². The van der Waals surface area contributed by atoms with Gasteiger partial charge in [-0.3, -0.25) is 4.90 Å². The summed E-state index contributed by atoms with van der Waals surface area (Å²) >= 11 is 0. The second-order valence-corrected chi connectivity index (χ2v) is 4.74. The van der Waals surface area contributed by atoms with Crippen molar-refractivity contribution in [2.24, 2.45) is 0 Å². The van der Waals surface area contributed by atoms with Crippen LogP contribution in [0.1, 0.15) is 37.0 Å². The van der Waals surface area contributed by atoms with Crippen molar-refractivity contribution in [2.45, 2.75) is 38.1 Å². The molecule has 7 heteroatoms. The second kappa shape index (κ2) is 4.97. The molecule has 0 unspecified atom stereocenters. The molecule has 2 N–H and O–H groups in total. The molecule has 0 spiro atoms. The average Bonchev–Trinajstić information content (AvgIpc) is 2.36. The summed E-state index contributed by atoms with van der Waals surface area (Å²) in [7, 11) is 0. The van der Waals surface area contributed by atoms with Crippen LogP contribution in [0.3, 0.4) is 0 Å². The van der Waals surface area contributed by atoms with Gasteiger partial charge >= 0.3 is 12.3 Å². The van der Waals surface area contributed by atoms with E-state index in [-0.39, 0.29) is 17.7 Å². The van der Waals surface area contributed by atoms with E-state index >= 15 is 0 Å². The zero-order valence-corrected chi connectivity index (χ0v) is 10.7. The van der Waals surface area contributed by atoms with E-state index in [1.54, 1.807) is 6.92 Å². The molecule has 2 atom stereocenters. The van der Waals surface area contributed by atoms with Gasteiger partial charge in [0.15, 0.2) is 0 Å². The first-order valence-corrected chi connectivity index (χ1v) is 6.17. The van der Waals surface area contributed by atoms with Crippen LogP contribution in [0.15, 0.2) is 18.2 Å². The average molecular weight is 289 g/mol. The number of carboxylic acid groups (broad SMARTS) is 1. The lowest BCUT2D eigenvalue weighted by Gasteiger charge is -2.37. The summed E-state index contributed by atoms with van der Waals surface area (Å²) < 4.78 is 38.0. The van der Waals surface area contributed by atoms with E-state index in [1.807, 2.05) is 0 Å². The number of amides is 1. The summed E-state index contributed by atoms with van der Waals surface area (Å²) in [5.41, 5.74) is -0.765. The Morgan fingerprint density at radius 1 is 1.45 bits per heavy atom. The third-order valence-corrected chi connectivity index (χ3v) is 3.51. The summed E-state index contributed by atoms with van der Waals surface area (Å²) in [4.78, 5) is 12.3. The van der Waals surface area contributed by atoms with Gasteiger partial charge in [0.1, 0.15) is 0 Å². The van der Waals surface area contributed by atoms with Crippen LogP contribution < -0.4 is 4.90 Å². The van der Waals surface area contributed by atoms with Gasteiger partial charge in [0.25, 0.3) is 0 Å². The standard InChI is InChI=1S/C13H14F3NO3/c1-2-8-6-11(18)9-5-7(13(14,15)16)3-4-10(9)17(8)12(19)20/h3-5,8,11,18H,2,6H2,1H3,(H,19,20)/t8-,11-/m1/s1. The van der Waals surface area contributed by atoms with Crippen LogP contribution >= 0.6 is 0 Å². The van der Waals surface area contributed by atoms with Crippen LogP contribution in [-0.4, -0.2) is 22.3 Å². The van der Waals surface area contributed by atoms with Crippen LogP contribution in [0.4, 0.5) is 23.7 Å². The molecule has 0 radical (unpaired) electrons. The maximum Gasteiger partial charge on any atom is 0.416 e. The first-order chi connectivity index (χ1) is 9.25. The number of carbonyl (C=O) groups is 1. The monoisotopic (exact) mass is 289 g/mol. The Morgan fingerprint density at radius 3 is 2.60 bits per heavy atom. The quantitative estimate of drug-likeness (QED) is 0.833. The Kier molecular flexibility index (Phi) is 3.64. The number of benzene rings is 1. The van der Waals surface area contributed by atoms with Crippen LogP contribution in [-0.2, 0) is 6.18 Å². The number of aliphatic hydroxyl groups excluding tert-OH is 1. The number of hydrogen-bond donors (Lipinski definition) is 2. The van der Waals surface area contributed by atoms with E-state index in [0.29, 0.717) is 6.42 Å². The Bertz CT molecular complexity index is 530. The fourth-order valence-electron chi connectivity index (χ4n) is 2.51. The number of alkyl halides is 3. The molecule has 20 heavy (non-hydrogen) atoms. The van der Waals surface area contributed by atoms with Gasteiger partial charge in [-0.2, -0.15) is 13.2 Å². The molecule has 0 saturated heterocycles. The van der Waals surface area contributed by atoms with E-state index < -0.39 is 30.0 Å². The summed E-state index contributed by atoms with van der Waals surface area (Å²) in [5, 5.41) is 19.2. The molecule has 2 rings (SSSR count). The maximum atomic E-state index is 12.7. The lowest BCUT2D eigenvalue weighted by molar-refractivity contribution is -0.137. The highest BCUT2D eigenvalue weighted by atomic mass is 19.4. The van der Waals surface area contributed by atoms with Crippen molar-refractivity contribution in [1.82, 2.24) is 0 Å². The topological polar surface area (TPSA) is 60.8 Å². The third kappa shape index (κ3) is 2.45. The highest BCUT2D eigenvalue weighted by Gasteiger charge is 2.37. The third-order valence-electron chi connectivity index (χ3n) is 3.51. The normalized spacial score (nSPS) is 22.6. The smallest absolute Gasteiger partial charge is 0.416 e. The van der Waals surface area contributed by atoms with Crippen molar-refractivity contribution >= 4 is 11.8 Å². The molecule has 0 aromatic heterocycles. The van der Waals surface area contributed by atoms with Crippen LogP contribution in [0.25, 0.3) is 0 Å². The molecule has 1 heterocycles. The van der Waals surface area contributed by atoms with Crippen molar-refractivity contribution in [3.05, 3.63) is 29.3 Å². The molecular formula is C13H14F3NO3. The van der Waals surface area contributed by atoms with E-state index in [4.69, 9.17) is 0 Å². The lowest BCUT2D eigenvalue weighted by Crippen LogP contribution is -2.43. The molecular weight excluding hydrogens is 275 g/mol. The number of rotatable bonds is 1. The van der Waals surface area contributed by atoms with Gasteiger partial charge in [0.05, 0.1) is 17.4 Å². The van der Waals surface area contributed by atoms with Gasteiger partial charge in [0.2, 0.25) is 0 Å².